The molecule has 2 rings (SSSR count). The van der Waals surface area contributed by atoms with E-state index in [-0.39, 0.29) is 10.4 Å². The number of nitrogens with one attached hydrogen (secondary N) is 1. The van der Waals surface area contributed by atoms with Crippen LogP contribution in [0.2, 0.25) is 0 Å². The molecule has 0 fully saturated rings. The first-order chi connectivity index (χ1) is 8.95. The van der Waals surface area contributed by atoms with Gasteiger partial charge in [0.25, 0.3) is 0 Å². The van der Waals surface area contributed by atoms with E-state index in [1.54, 1.807) is 12.1 Å². The van der Waals surface area contributed by atoms with Crippen molar-refractivity contribution in [3.63, 3.8) is 0 Å². The first-order valence-electron chi connectivity index (χ1n) is 5.27. The summed E-state index contributed by atoms with van der Waals surface area (Å²) < 4.78 is 39.0. The van der Waals surface area contributed by atoms with Gasteiger partial charge in [-0.25, -0.2) is 8.42 Å². The van der Waals surface area contributed by atoms with Crippen LogP contribution in [-0.2, 0) is 19.6 Å². The molecule has 9 heteroatoms. The standard InChI is InChI=1S/C10H11N3O4S2/c1-6(10(14)17-2)13-19(15,16)8-5-3-4-7-9(8)12-18-11-7/h3-6,13H,1-2H3. The van der Waals surface area contributed by atoms with Gasteiger partial charge >= 0.3 is 5.97 Å². The third-order valence-electron chi connectivity index (χ3n) is 2.43. The molecule has 0 aliphatic rings. The first-order valence-corrected chi connectivity index (χ1v) is 7.48. The van der Waals surface area contributed by atoms with Crippen LogP contribution in [0.3, 0.4) is 0 Å². The molecule has 1 heterocycles. The number of esters is 1. The van der Waals surface area contributed by atoms with Gasteiger partial charge in [0.1, 0.15) is 22.0 Å². The van der Waals surface area contributed by atoms with Gasteiger partial charge in [-0.2, -0.15) is 13.5 Å². The van der Waals surface area contributed by atoms with Crippen molar-refractivity contribution in [1.82, 2.24) is 13.5 Å². The van der Waals surface area contributed by atoms with Crippen molar-refractivity contribution in [1.29, 1.82) is 0 Å². The number of fused-ring (bicyclic) bond motifs is 1. The van der Waals surface area contributed by atoms with Crippen molar-refractivity contribution in [3.05, 3.63) is 18.2 Å². The van der Waals surface area contributed by atoms with Gasteiger partial charge in [0.05, 0.1) is 18.8 Å². The summed E-state index contributed by atoms with van der Waals surface area (Å²) in [5.74, 6) is -0.660. The fourth-order valence-electron chi connectivity index (χ4n) is 1.52. The minimum atomic E-state index is -3.86. The number of hydrogen-bond acceptors (Lipinski definition) is 7. The fraction of sp³-hybridized carbons (Fsp3) is 0.300. The average molecular weight is 301 g/mol. The summed E-state index contributed by atoms with van der Waals surface area (Å²) in [5.41, 5.74) is 0.788. The summed E-state index contributed by atoms with van der Waals surface area (Å²) >= 11 is 0.929. The number of sulfonamides is 1. The number of carbonyl (C=O) groups is 1. The molecule has 0 aliphatic carbocycles. The van der Waals surface area contributed by atoms with Gasteiger partial charge in [0, 0.05) is 0 Å². The Bertz CT molecular complexity index is 710. The maximum atomic E-state index is 12.2. The van der Waals surface area contributed by atoms with E-state index < -0.39 is 22.0 Å². The molecule has 1 aromatic carbocycles. The van der Waals surface area contributed by atoms with Crippen molar-refractivity contribution in [2.45, 2.75) is 17.9 Å². The van der Waals surface area contributed by atoms with E-state index in [0.717, 1.165) is 11.7 Å². The first kappa shape index (κ1) is 13.8. The summed E-state index contributed by atoms with van der Waals surface area (Å²) in [7, 11) is -2.67. The van der Waals surface area contributed by atoms with Crippen LogP contribution in [0.15, 0.2) is 23.1 Å². The second kappa shape index (κ2) is 5.19. The summed E-state index contributed by atoms with van der Waals surface area (Å²) in [5, 5.41) is 0. The lowest BCUT2D eigenvalue weighted by molar-refractivity contribution is -0.142. The monoisotopic (exact) mass is 301 g/mol. The molecule has 1 unspecified atom stereocenters. The Morgan fingerprint density at radius 3 is 2.84 bits per heavy atom. The molecule has 1 atom stereocenters. The predicted molar refractivity (Wildman–Crippen MR) is 69.2 cm³/mol. The predicted octanol–water partition coefficient (Wildman–Crippen LogP) is 0.531. The van der Waals surface area contributed by atoms with Gasteiger partial charge in [-0.15, -0.1) is 0 Å². The summed E-state index contributed by atoms with van der Waals surface area (Å²) in [4.78, 5) is 11.3. The number of carbonyl (C=O) groups excluding carboxylic acids is 1. The lowest BCUT2D eigenvalue weighted by atomic mass is 10.3. The third-order valence-corrected chi connectivity index (χ3v) is 4.54. The molecule has 0 aliphatic heterocycles. The second-order valence-electron chi connectivity index (χ2n) is 3.75. The quantitative estimate of drug-likeness (QED) is 0.827. The van der Waals surface area contributed by atoms with Crippen LogP contribution in [0, 0.1) is 0 Å². The molecular formula is C10H11N3O4S2. The molecule has 0 spiro atoms. The van der Waals surface area contributed by atoms with Gasteiger partial charge < -0.3 is 4.74 Å². The van der Waals surface area contributed by atoms with Crippen LogP contribution in [0.25, 0.3) is 11.0 Å². The van der Waals surface area contributed by atoms with Crippen molar-refractivity contribution in [2.75, 3.05) is 7.11 Å². The number of nitrogens with zero attached hydrogens (tertiary/aromatic N) is 2. The van der Waals surface area contributed by atoms with E-state index in [9.17, 15) is 13.2 Å². The third kappa shape index (κ3) is 2.72. The maximum absolute atomic E-state index is 12.2. The normalized spacial score (nSPS) is 13.4. The van der Waals surface area contributed by atoms with Gasteiger partial charge in [0.15, 0.2) is 0 Å². The molecule has 1 aromatic heterocycles. The number of benzene rings is 1. The maximum Gasteiger partial charge on any atom is 0.323 e. The van der Waals surface area contributed by atoms with Gasteiger partial charge in [-0.05, 0) is 19.1 Å². The summed E-state index contributed by atoms with van der Waals surface area (Å²) in [6, 6.07) is 3.68. The van der Waals surface area contributed by atoms with Crippen LogP contribution in [0.4, 0.5) is 0 Å². The van der Waals surface area contributed by atoms with Crippen LogP contribution in [0.1, 0.15) is 6.92 Å². The zero-order valence-corrected chi connectivity index (χ0v) is 11.8. The van der Waals surface area contributed by atoms with Crippen molar-refractivity contribution in [3.8, 4) is 0 Å². The Morgan fingerprint density at radius 1 is 1.42 bits per heavy atom. The molecule has 102 valence electrons. The van der Waals surface area contributed by atoms with E-state index in [2.05, 4.69) is 18.2 Å². The van der Waals surface area contributed by atoms with Crippen LogP contribution >= 0.6 is 11.7 Å². The second-order valence-corrected chi connectivity index (χ2v) is 5.97. The SMILES string of the molecule is COC(=O)C(C)NS(=O)(=O)c1cccc2nsnc12. The van der Waals surface area contributed by atoms with E-state index >= 15 is 0 Å². The highest BCUT2D eigenvalue weighted by Gasteiger charge is 2.25. The molecule has 0 radical (unpaired) electrons. The topological polar surface area (TPSA) is 98.2 Å². The minimum absolute atomic E-state index is 0.00509. The lowest BCUT2D eigenvalue weighted by Crippen LogP contribution is -2.39. The van der Waals surface area contributed by atoms with Crippen LogP contribution in [0.5, 0.6) is 0 Å². The highest BCUT2D eigenvalue weighted by molar-refractivity contribution is 7.89. The minimum Gasteiger partial charge on any atom is -0.468 e. The number of rotatable bonds is 4. The Labute approximate surface area is 114 Å². The number of aromatic nitrogens is 2. The van der Waals surface area contributed by atoms with E-state index in [0.29, 0.717) is 5.52 Å². The zero-order chi connectivity index (χ0) is 14.0. The van der Waals surface area contributed by atoms with Gasteiger partial charge in [-0.3, -0.25) is 4.79 Å². The molecule has 0 saturated heterocycles. The van der Waals surface area contributed by atoms with Crippen molar-refractivity contribution < 1.29 is 17.9 Å². The average Bonchev–Trinajstić information content (AvgIpc) is 2.84. The van der Waals surface area contributed by atoms with Crippen LogP contribution < -0.4 is 4.72 Å². The highest BCUT2D eigenvalue weighted by Crippen LogP contribution is 2.21. The summed E-state index contributed by atoms with van der Waals surface area (Å²) in [6.07, 6.45) is 0. The fourth-order valence-corrected chi connectivity index (χ4v) is 3.48. The smallest absolute Gasteiger partial charge is 0.323 e. The van der Waals surface area contributed by atoms with Crippen molar-refractivity contribution >= 4 is 38.8 Å². The van der Waals surface area contributed by atoms with Gasteiger partial charge in [0.2, 0.25) is 10.0 Å². The zero-order valence-electron chi connectivity index (χ0n) is 10.2. The molecule has 0 amide bonds. The summed E-state index contributed by atoms with van der Waals surface area (Å²) in [6.45, 7) is 1.41. The van der Waals surface area contributed by atoms with E-state index in [1.165, 1.54) is 20.1 Å². The van der Waals surface area contributed by atoms with E-state index in [1.807, 2.05) is 0 Å². The van der Waals surface area contributed by atoms with E-state index in [4.69, 9.17) is 0 Å². The number of hydrogen-bond donors (Lipinski definition) is 1. The number of methoxy groups -OCH3 is 1. The number of ether oxygens (including phenoxy) is 1. The van der Waals surface area contributed by atoms with Crippen LogP contribution in [-0.4, -0.2) is 36.3 Å². The molecule has 0 saturated carbocycles. The lowest BCUT2D eigenvalue weighted by Gasteiger charge is -2.12. The largest absolute Gasteiger partial charge is 0.468 e. The molecule has 0 bridgehead atoms. The molecule has 19 heavy (non-hydrogen) atoms. The Balaban J connectivity index is 2.40. The molecule has 7 nitrogen and oxygen atoms in total. The Kier molecular flexibility index (Phi) is 3.78. The van der Waals surface area contributed by atoms with Crippen molar-refractivity contribution in [2.24, 2.45) is 0 Å². The Morgan fingerprint density at radius 2 is 2.16 bits per heavy atom. The highest BCUT2D eigenvalue weighted by atomic mass is 32.2. The Hall–Kier alpha value is -1.58. The molecular weight excluding hydrogens is 290 g/mol. The van der Waals surface area contributed by atoms with Gasteiger partial charge in [-0.1, -0.05) is 6.07 Å². The molecule has 1 N–H and O–H groups in total. The molecule has 2 aromatic rings.